The van der Waals surface area contributed by atoms with Crippen molar-refractivity contribution >= 4 is 33.6 Å². The van der Waals surface area contributed by atoms with Gasteiger partial charge in [-0.25, -0.2) is 0 Å². The highest BCUT2D eigenvalue weighted by Gasteiger charge is 2.51. The molecule has 5 aromatic rings. The number of ether oxygens (including phenoxy) is 6. The van der Waals surface area contributed by atoms with Crippen molar-refractivity contribution in [3.05, 3.63) is 162 Å². The van der Waals surface area contributed by atoms with Crippen molar-refractivity contribution < 1.29 is 61.8 Å². The summed E-state index contributed by atoms with van der Waals surface area (Å²) in [4.78, 5) is 1.95. The van der Waals surface area contributed by atoms with Crippen LogP contribution in [-0.2, 0) is 38.5 Å². The Hall–Kier alpha value is -3.69. The predicted octanol–water partition coefficient (Wildman–Crippen LogP) is 7.19. The Morgan fingerprint density at radius 1 is 0.540 bits per heavy atom. The SMILES string of the molecule is CC1O[C@H](Sc2ccccc2)C(O)[C@@H](O)[C@@H]1O.CC1O[C@H](Sc2ccccc2)C(O)[C@H]2OC(c3ccccc3)O[C@H]12.COC(OC)c1ccccc1.Cc1ccc(S(=O)(=O)O)cc1. The molecule has 3 aliphatic heterocycles. The second-order valence-electron chi connectivity index (χ2n) is 14.7. The Morgan fingerprint density at radius 3 is 1.48 bits per heavy atom. The van der Waals surface area contributed by atoms with Gasteiger partial charge in [-0.3, -0.25) is 4.55 Å². The average Bonchev–Trinajstić information content (AvgIpc) is 3.76. The van der Waals surface area contributed by atoms with Crippen LogP contribution in [0.4, 0.5) is 0 Å². The van der Waals surface area contributed by atoms with Gasteiger partial charge in [-0.2, -0.15) is 8.42 Å². The van der Waals surface area contributed by atoms with Gasteiger partial charge in [-0.1, -0.05) is 138 Å². The molecule has 16 heteroatoms. The van der Waals surface area contributed by atoms with Gasteiger partial charge in [-0.05, 0) is 57.2 Å². The first-order valence-electron chi connectivity index (χ1n) is 20.2. The van der Waals surface area contributed by atoms with E-state index in [0.29, 0.717) is 0 Å². The molecule has 3 aliphatic rings. The molecular formula is C47H56O13S3. The summed E-state index contributed by atoms with van der Waals surface area (Å²) in [5, 5.41) is 39.8. The number of rotatable bonds is 9. The molecule has 0 spiro atoms. The third kappa shape index (κ3) is 14.7. The minimum atomic E-state index is -4.02. The number of fused-ring (bicyclic) bond motifs is 1. The zero-order chi connectivity index (χ0) is 45.5. The van der Waals surface area contributed by atoms with Crippen molar-refractivity contribution in [3.63, 3.8) is 0 Å². The molecule has 3 fully saturated rings. The lowest BCUT2D eigenvalue weighted by Gasteiger charge is -2.38. The molecule has 5 unspecified atom stereocenters. The number of hydrogen-bond donors (Lipinski definition) is 5. The molecule has 0 aromatic heterocycles. The standard InChI is InChI=1S/C19H20O4S.C12H16O4S.C9H12O2.C7H8O3S/c1-12-16-17(23-18(22-16)13-8-4-2-5-9-13)15(20)19(21-12)24-14-10-6-3-7-11-14;1-7-9(13)10(14)11(15)12(16-7)17-8-5-3-2-4-6-8;1-10-9(11-2)8-6-4-3-5-7-8;1-6-2-4-7(5-3-6)11(8,9)10/h2-12,15-20H,1H3;2-7,9-15H,1H3;3-7,9H,1-2H3;2-5H,1H3,(H,8,9,10)/t12?,15?,16-,17-,18?,19-;7?,9-,10+,11?,12-;;/m11../s1. The van der Waals surface area contributed by atoms with Gasteiger partial charge in [0.2, 0.25) is 0 Å². The molecule has 0 bridgehead atoms. The Labute approximate surface area is 378 Å². The van der Waals surface area contributed by atoms with E-state index >= 15 is 0 Å². The fourth-order valence-corrected chi connectivity index (χ4v) is 9.28. The van der Waals surface area contributed by atoms with Gasteiger partial charge in [0, 0.05) is 35.1 Å². The third-order valence-electron chi connectivity index (χ3n) is 10.0. The molecule has 5 N–H and O–H groups in total. The first kappa shape index (κ1) is 50.3. The molecule has 0 aliphatic carbocycles. The minimum absolute atomic E-state index is 0.0666. The molecule has 0 amide bonds. The summed E-state index contributed by atoms with van der Waals surface area (Å²) in [6.45, 7) is 5.49. The summed E-state index contributed by atoms with van der Waals surface area (Å²) in [6.07, 6.45) is -6.03. The number of aliphatic hydroxyl groups is 4. The fraction of sp³-hybridized carbons (Fsp3) is 0.362. The van der Waals surface area contributed by atoms with Gasteiger partial charge >= 0.3 is 0 Å². The second kappa shape index (κ2) is 24.6. The van der Waals surface area contributed by atoms with Crippen LogP contribution >= 0.6 is 23.5 Å². The number of aliphatic hydroxyl groups excluding tert-OH is 4. The summed E-state index contributed by atoms with van der Waals surface area (Å²) in [5.41, 5.74) is 2.01. The molecule has 0 radical (unpaired) electrons. The van der Waals surface area contributed by atoms with Crippen LogP contribution in [0.2, 0.25) is 0 Å². The number of aryl methyl sites for hydroxylation is 1. The first-order chi connectivity index (χ1) is 30.2. The highest BCUT2D eigenvalue weighted by Crippen LogP contribution is 2.42. The molecule has 63 heavy (non-hydrogen) atoms. The van der Waals surface area contributed by atoms with Crippen molar-refractivity contribution in [2.75, 3.05) is 14.2 Å². The van der Waals surface area contributed by atoms with Crippen LogP contribution in [0.15, 0.2) is 160 Å². The molecule has 11 atom stereocenters. The van der Waals surface area contributed by atoms with E-state index in [-0.39, 0.29) is 34.9 Å². The van der Waals surface area contributed by atoms with Crippen molar-refractivity contribution in [2.45, 2.75) is 108 Å². The highest BCUT2D eigenvalue weighted by molar-refractivity contribution is 8.00. The van der Waals surface area contributed by atoms with E-state index in [2.05, 4.69) is 0 Å². The first-order valence-corrected chi connectivity index (χ1v) is 23.4. The summed E-state index contributed by atoms with van der Waals surface area (Å²) in [6, 6.07) is 45.1. The van der Waals surface area contributed by atoms with Gasteiger partial charge in [0.05, 0.1) is 17.1 Å². The summed E-state index contributed by atoms with van der Waals surface area (Å²) < 4.78 is 63.2. The lowest BCUT2D eigenvalue weighted by atomic mass is 10.0. The normalized spacial score (nSPS) is 27.6. The number of thioether (sulfide) groups is 2. The van der Waals surface area contributed by atoms with Gasteiger partial charge < -0.3 is 48.8 Å². The summed E-state index contributed by atoms with van der Waals surface area (Å²) >= 11 is 2.85. The number of benzene rings is 5. The van der Waals surface area contributed by atoms with Crippen LogP contribution in [0.25, 0.3) is 0 Å². The largest absolute Gasteiger partial charge is 0.388 e. The zero-order valence-electron chi connectivity index (χ0n) is 35.5. The van der Waals surface area contributed by atoms with E-state index < -0.39 is 52.4 Å². The van der Waals surface area contributed by atoms with Crippen molar-refractivity contribution in [3.8, 4) is 0 Å². The van der Waals surface area contributed by atoms with Crippen LogP contribution in [0.5, 0.6) is 0 Å². The van der Waals surface area contributed by atoms with Crippen molar-refractivity contribution in [2.24, 2.45) is 0 Å². The lowest BCUT2D eigenvalue weighted by Crippen LogP contribution is -2.55. The quantitative estimate of drug-likeness (QED) is 0.0737. The van der Waals surface area contributed by atoms with Gasteiger partial charge in [0.1, 0.15) is 47.5 Å². The predicted molar refractivity (Wildman–Crippen MR) is 240 cm³/mol. The Kier molecular flexibility index (Phi) is 19.6. The molecule has 3 saturated heterocycles. The van der Waals surface area contributed by atoms with Crippen molar-refractivity contribution in [1.82, 2.24) is 0 Å². The Bertz CT molecular complexity index is 2150. The van der Waals surface area contributed by atoms with Crippen LogP contribution in [0, 0.1) is 6.92 Å². The van der Waals surface area contributed by atoms with Crippen LogP contribution < -0.4 is 0 Å². The molecule has 0 saturated carbocycles. The molecular weight excluding hydrogens is 869 g/mol. The summed E-state index contributed by atoms with van der Waals surface area (Å²) in [7, 11) is -0.767. The third-order valence-corrected chi connectivity index (χ3v) is 13.2. The maximum Gasteiger partial charge on any atom is 0.294 e. The Balaban J connectivity index is 0.000000168. The van der Waals surface area contributed by atoms with Gasteiger partial charge in [0.15, 0.2) is 12.6 Å². The van der Waals surface area contributed by atoms with E-state index in [4.69, 9.17) is 33.0 Å². The number of methoxy groups -OCH3 is 2. The van der Waals surface area contributed by atoms with E-state index in [1.165, 1.54) is 35.7 Å². The molecule has 340 valence electrons. The van der Waals surface area contributed by atoms with E-state index in [9.17, 15) is 28.8 Å². The highest BCUT2D eigenvalue weighted by atomic mass is 32.2. The van der Waals surface area contributed by atoms with Gasteiger partial charge in [-0.15, -0.1) is 0 Å². The van der Waals surface area contributed by atoms with Gasteiger partial charge in [0.25, 0.3) is 10.1 Å². The van der Waals surface area contributed by atoms with Crippen LogP contribution in [-0.4, -0.2) is 107 Å². The average molecular weight is 925 g/mol. The molecule has 5 aromatic carbocycles. The molecule has 8 rings (SSSR count). The monoisotopic (exact) mass is 924 g/mol. The van der Waals surface area contributed by atoms with E-state index in [1.807, 2.05) is 135 Å². The van der Waals surface area contributed by atoms with E-state index in [0.717, 1.165) is 26.5 Å². The van der Waals surface area contributed by atoms with Crippen LogP contribution in [0.3, 0.4) is 0 Å². The maximum atomic E-state index is 10.7. The molecule has 13 nitrogen and oxygen atoms in total. The second-order valence-corrected chi connectivity index (χ2v) is 18.5. The zero-order valence-corrected chi connectivity index (χ0v) is 38.0. The topological polar surface area (TPSA) is 191 Å². The summed E-state index contributed by atoms with van der Waals surface area (Å²) in [5.74, 6) is 0. The van der Waals surface area contributed by atoms with E-state index in [1.54, 1.807) is 33.3 Å². The Morgan fingerprint density at radius 2 is 0.984 bits per heavy atom. The smallest absolute Gasteiger partial charge is 0.294 e. The van der Waals surface area contributed by atoms with Crippen LogP contribution in [0.1, 0.15) is 43.1 Å². The fourth-order valence-electron chi connectivity index (χ4n) is 6.58. The minimum Gasteiger partial charge on any atom is -0.388 e. The maximum absolute atomic E-state index is 10.7. The number of hydrogen-bond acceptors (Lipinski definition) is 14. The molecule has 3 heterocycles. The lowest BCUT2D eigenvalue weighted by molar-refractivity contribution is -0.192. The van der Waals surface area contributed by atoms with Crippen molar-refractivity contribution in [1.29, 1.82) is 0 Å².